The van der Waals surface area contributed by atoms with Crippen molar-refractivity contribution in [3.63, 3.8) is 0 Å². The van der Waals surface area contributed by atoms with E-state index in [0.29, 0.717) is 17.9 Å². The number of amides is 1. The van der Waals surface area contributed by atoms with Gasteiger partial charge in [-0.2, -0.15) is 0 Å². The maximum absolute atomic E-state index is 12.0. The van der Waals surface area contributed by atoms with Crippen molar-refractivity contribution in [1.29, 1.82) is 0 Å². The standard InChI is InChI=1S/C12H12BrN3OS/c1-14-11-9(3-2-6-15-11)12(17)16-7-8-4-5-10(13)18-8/h2-6H,7H2,1H3,(H,14,15)(H,16,17). The Kier molecular flexibility index (Phi) is 4.33. The Hall–Kier alpha value is -1.40. The van der Waals surface area contributed by atoms with Gasteiger partial charge in [0.2, 0.25) is 0 Å². The fourth-order valence-corrected chi connectivity index (χ4v) is 2.92. The Bertz CT molecular complexity index is 556. The van der Waals surface area contributed by atoms with Gasteiger partial charge in [0, 0.05) is 18.1 Å². The average molecular weight is 326 g/mol. The molecule has 0 aliphatic rings. The summed E-state index contributed by atoms with van der Waals surface area (Å²) >= 11 is 5.00. The molecule has 0 saturated heterocycles. The zero-order chi connectivity index (χ0) is 13.0. The molecule has 2 heterocycles. The molecule has 0 aliphatic heterocycles. The third-order valence-electron chi connectivity index (χ3n) is 2.34. The molecule has 0 radical (unpaired) electrons. The van der Waals surface area contributed by atoms with E-state index in [2.05, 4.69) is 31.5 Å². The molecule has 2 aromatic heterocycles. The number of hydrogen-bond acceptors (Lipinski definition) is 4. The quantitative estimate of drug-likeness (QED) is 0.908. The summed E-state index contributed by atoms with van der Waals surface area (Å²) in [5.74, 6) is 0.458. The topological polar surface area (TPSA) is 54.0 Å². The van der Waals surface area contributed by atoms with Crippen molar-refractivity contribution in [3.05, 3.63) is 44.7 Å². The molecular formula is C12H12BrN3OS. The lowest BCUT2D eigenvalue weighted by Crippen LogP contribution is -2.23. The molecule has 0 atom stereocenters. The molecule has 0 saturated carbocycles. The molecule has 0 spiro atoms. The average Bonchev–Trinajstić information content (AvgIpc) is 2.81. The van der Waals surface area contributed by atoms with Crippen LogP contribution in [0.2, 0.25) is 0 Å². The number of aromatic nitrogens is 1. The summed E-state index contributed by atoms with van der Waals surface area (Å²) in [6.07, 6.45) is 1.65. The fourth-order valence-electron chi connectivity index (χ4n) is 1.50. The van der Waals surface area contributed by atoms with Crippen molar-refractivity contribution >= 4 is 39.0 Å². The summed E-state index contributed by atoms with van der Waals surface area (Å²) in [5, 5.41) is 5.78. The van der Waals surface area contributed by atoms with Crippen molar-refractivity contribution in [2.24, 2.45) is 0 Å². The molecule has 2 N–H and O–H groups in total. The van der Waals surface area contributed by atoms with E-state index in [1.807, 2.05) is 12.1 Å². The highest BCUT2D eigenvalue weighted by atomic mass is 79.9. The summed E-state index contributed by atoms with van der Waals surface area (Å²) in [7, 11) is 1.75. The lowest BCUT2D eigenvalue weighted by Gasteiger charge is -2.07. The maximum atomic E-state index is 12.0. The number of thiophene rings is 1. The molecule has 0 aromatic carbocycles. The van der Waals surface area contributed by atoms with Gasteiger partial charge in [-0.05, 0) is 40.2 Å². The van der Waals surface area contributed by atoms with Gasteiger partial charge in [-0.15, -0.1) is 11.3 Å². The summed E-state index contributed by atoms with van der Waals surface area (Å²) in [6, 6.07) is 7.45. The summed E-state index contributed by atoms with van der Waals surface area (Å²) in [4.78, 5) is 17.2. The van der Waals surface area contributed by atoms with Crippen LogP contribution in [0.3, 0.4) is 0 Å². The number of pyridine rings is 1. The number of hydrogen-bond donors (Lipinski definition) is 2. The molecule has 0 bridgehead atoms. The first kappa shape index (κ1) is 13.0. The first-order valence-electron chi connectivity index (χ1n) is 5.36. The van der Waals surface area contributed by atoms with E-state index in [4.69, 9.17) is 0 Å². The smallest absolute Gasteiger partial charge is 0.255 e. The van der Waals surface area contributed by atoms with Crippen molar-refractivity contribution in [2.45, 2.75) is 6.54 Å². The zero-order valence-electron chi connectivity index (χ0n) is 9.74. The fraction of sp³-hybridized carbons (Fsp3) is 0.167. The minimum atomic E-state index is -0.128. The van der Waals surface area contributed by atoms with Crippen LogP contribution in [-0.2, 0) is 6.54 Å². The number of anilines is 1. The molecule has 18 heavy (non-hydrogen) atoms. The third-order valence-corrected chi connectivity index (χ3v) is 3.96. The van der Waals surface area contributed by atoms with Crippen LogP contribution in [0.4, 0.5) is 5.82 Å². The van der Waals surface area contributed by atoms with Gasteiger partial charge in [0.25, 0.3) is 5.91 Å². The van der Waals surface area contributed by atoms with Crippen LogP contribution >= 0.6 is 27.3 Å². The van der Waals surface area contributed by atoms with Gasteiger partial charge in [0.15, 0.2) is 0 Å². The number of nitrogens with one attached hydrogen (secondary N) is 2. The monoisotopic (exact) mass is 325 g/mol. The van der Waals surface area contributed by atoms with Gasteiger partial charge in [-0.25, -0.2) is 4.98 Å². The van der Waals surface area contributed by atoms with E-state index < -0.39 is 0 Å². The second-order valence-corrected chi connectivity index (χ2v) is 6.09. The lowest BCUT2D eigenvalue weighted by molar-refractivity contribution is 0.0952. The van der Waals surface area contributed by atoms with Gasteiger partial charge >= 0.3 is 0 Å². The van der Waals surface area contributed by atoms with E-state index in [-0.39, 0.29) is 5.91 Å². The first-order chi connectivity index (χ1) is 8.70. The summed E-state index contributed by atoms with van der Waals surface area (Å²) < 4.78 is 1.06. The largest absolute Gasteiger partial charge is 0.372 e. The van der Waals surface area contributed by atoms with Crippen LogP contribution in [0.5, 0.6) is 0 Å². The van der Waals surface area contributed by atoms with Crippen molar-refractivity contribution in [2.75, 3.05) is 12.4 Å². The lowest BCUT2D eigenvalue weighted by atomic mass is 10.2. The number of carbonyl (C=O) groups is 1. The van der Waals surface area contributed by atoms with Crippen LogP contribution in [0.25, 0.3) is 0 Å². The van der Waals surface area contributed by atoms with Crippen LogP contribution in [-0.4, -0.2) is 17.9 Å². The van der Waals surface area contributed by atoms with E-state index in [1.165, 1.54) is 0 Å². The molecule has 6 heteroatoms. The Balaban J connectivity index is 2.03. The number of rotatable bonds is 4. The van der Waals surface area contributed by atoms with E-state index >= 15 is 0 Å². The Morgan fingerprint density at radius 3 is 2.94 bits per heavy atom. The molecular weight excluding hydrogens is 314 g/mol. The predicted molar refractivity (Wildman–Crippen MR) is 77.0 cm³/mol. The summed E-state index contributed by atoms with van der Waals surface area (Å²) in [5.41, 5.74) is 0.552. The molecule has 0 aliphatic carbocycles. The number of nitrogens with zero attached hydrogens (tertiary/aromatic N) is 1. The minimum Gasteiger partial charge on any atom is -0.372 e. The van der Waals surface area contributed by atoms with Crippen molar-refractivity contribution in [3.8, 4) is 0 Å². The number of carbonyl (C=O) groups excluding carboxylic acids is 1. The van der Waals surface area contributed by atoms with Crippen LogP contribution in [0, 0.1) is 0 Å². The van der Waals surface area contributed by atoms with Crippen molar-refractivity contribution in [1.82, 2.24) is 10.3 Å². The zero-order valence-corrected chi connectivity index (χ0v) is 12.1. The highest BCUT2D eigenvalue weighted by Gasteiger charge is 2.10. The Morgan fingerprint density at radius 2 is 2.28 bits per heavy atom. The molecule has 2 rings (SSSR count). The van der Waals surface area contributed by atoms with Crippen LogP contribution < -0.4 is 10.6 Å². The highest BCUT2D eigenvalue weighted by molar-refractivity contribution is 9.11. The second kappa shape index (κ2) is 5.97. The Morgan fingerprint density at radius 1 is 1.44 bits per heavy atom. The maximum Gasteiger partial charge on any atom is 0.255 e. The molecule has 1 amide bonds. The van der Waals surface area contributed by atoms with Gasteiger partial charge in [-0.1, -0.05) is 0 Å². The second-order valence-electron chi connectivity index (χ2n) is 3.54. The van der Waals surface area contributed by atoms with E-state index in [9.17, 15) is 4.79 Å². The molecule has 0 unspecified atom stereocenters. The normalized spacial score (nSPS) is 10.1. The molecule has 94 valence electrons. The van der Waals surface area contributed by atoms with Gasteiger partial charge < -0.3 is 10.6 Å². The van der Waals surface area contributed by atoms with Crippen molar-refractivity contribution < 1.29 is 4.79 Å². The number of halogens is 1. The molecule has 4 nitrogen and oxygen atoms in total. The molecule has 2 aromatic rings. The first-order valence-corrected chi connectivity index (χ1v) is 6.97. The van der Waals surface area contributed by atoms with Gasteiger partial charge in [0.05, 0.1) is 15.9 Å². The molecule has 0 fully saturated rings. The third kappa shape index (κ3) is 3.08. The predicted octanol–water partition coefficient (Wildman–Crippen LogP) is 2.88. The SMILES string of the molecule is CNc1ncccc1C(=O)NCc1ccc(Br)s1. The Labute approximate surface area is 118 Å². The van der Waals surface area contributed by atoms with E-state index in [1.54, 1.807) is 36.7 Å². The van der Waals surface area contributed by atoms with Crippen LogP contribution in [0.1, 0.15) is 15.2 Å². The highest BCUT2D eigenvalue weighted by Crippen LogP contribution is 2.22. The summed E-state index contributed by atoms with van der Waals surface area (Å²) in [6.45, 7) is 0.521. The minimum absolute atomic E-state index is 0.128. The van der Waals surface area contributed by atoms with Crippen LogP contribution in [0.15, 0.2) is 34.2 Å². The van der Waals surface area contributed by atoms with E-state index in [0.717, 1.165) is 8.66 Å². The van der Waals surface area contributed by atoms with Gasteiger partial charge in [0.1, 0.15) is 5.82 Å². The van der Waals surface area contributed by atoms with Gasteiger partial charge in [-0.3, -0.25) is 4.79 Å².